The third kappa shape index (κ3) is 1.79. The van der Waals surface area contributed by atoms with Crippen LogP contribution in [-0.4, -0.2) is 13.3 Å². The Hall–Kier alpha value is -1.11. The van der Waals surface area contributed by atoms with Gasteiger partial charge in [-0.25, -0.2) is 0 Å². The summed E-state index contributed by atoms with van der Waals surface area (Å²) in [5.41, 5.74) is 2.89. The maximum atomic E-state index is 4.22. The van der Waals surface area contributed by atoms with Gasteiger partial charge >= 0.3 is 0 Å². The summed E-state index contributed by atoms with van der Waals surface area (Å²) in [6, 6.07) is 0. The van der Waals surface area contributed by atoms with Gasteiger partial charge in [0.1, 0.15) is 0 Å². The zero-order chi connectivity index (χ0) is 11.7. The standard InChI is InChI=1S/C15H21N/c1-10-5-6-13-7-8-14(10)12(3)15(9-16-4)11(13)2/h5-10,12-14H,1-4H3/b16-9+. The molecule has 0 N–H and O–H groups in total. The van der Waals surface area contributed by atoms with E-state index in [1.165, 1.54) is 11.1 Å². The van der Waals surface area contributed by atoms with Gasteiger partial charge in [0.15, 0.2) is 0 Å². The molecule has 2 aliphatic rings. The summed E-state index contributed by atoms with van der Waals surface area (Å²) in [4.78, 5) is 4.22. The van der Waals surface area contributed by atoms with Gasteiger partial charge in [-0.2, -0.15) is 0 Å². The summed E-state index contributed by atoms with van der Waals surface area (Å²) in [5, 5.41) is 0. The number of aliphatic imine (C=N–C) groups is 1. The van der Waals surface area contributed by atoms with E-state index in [2.05, 4.69) is 56.3 Å². The molecular weight excluding hydrogens is 194 g/mol. The Kier molecular flexibility index (Phi) is 3.13. The van der Waals surface area contributed by atoms with Gasteiger partial charge in [-0.05, 0) is 30.3 Å². The summed E-state index contributed by atoms with van der Waals surface area (Å²) >= 11 is 0. The highest BCUT2D eigenvalue weighted by molar-refractivity contribution is 5.81. The molecule has 2 aliphatic carbocycles. The van der Waals surface area contributed by atoms with Gasteiger partial charge in [-0.1, -0.05) is 43.7 Å². The average molecular weight is 215 g/mol. The molecule has 0 heterocycles. The van der Waals surface area contributed by atoms with E-state index in [-0.39, 0.29) is 0 Å². The van der Waals surface area contributed by atoms with E-state index in [0.717, 1.165) is 0 Å². The summed E-state index contributed by atoms with van der Waals surface area (Å²) < 4.78 is 0. The fourth-order valence-corrected chi connectivity index (χ4v) is 2.94. The first-order valence-corrected chi connectivity index (χ1v) is 6.14. The smallest absolute Gasteiger partial charge is 0.0277 e. The van der Waals surface area contributed by atoms with Crippen molar-refractivity contribution in [2.75, 3.05) is 7.05 Å². The van der Waals surface area contributed by atoms with Gasteiger partial charge in [0.2, 0.25) is 0 Å². The van der Waals surface area contributed by atoms with Crippen LogP contribution in [0.2, 0.25) is 0 Å². The highest BCUT2D eigenvalue weighted by Crippen LogP contribution is 2.38. The Morgan fingerprint density at radius 1 is 1.12 bits per heavy atom. The molecule has 0 aromatic heterocycles. The number of nitrogens with zero attached hydrogens (tertiary/aromatic N) is 1. The number of hydrogen-bond donors (Lipinski definition) is 0. The van der Waals surface area contributed by atoms with Crippen LogP contribution in [0.25, 0.3) is 0 Å². The van der Waals surface area contributed by atoms with Crippen LogP contribution in [-0.2, 0) is 0 Å². The molecule has 0 saturated carbocycles. The number of rotatable bonds is 1. The van der Waals surface area contributed by atoms with Crippen molar-refractivity contribution in [3.8, 4) is 0 Å². The molecule has 2 bridgehead atoms. The topological polar surface area (TPSA) is 12.4 Å². The molecule has 0 fully saturated rings. The number of fused-ring (bicyclic) bond motifs is 2. The Labute approximate surface area is 98.7 Å². The fraction of sp³-hybridized carbons (Fsp3) is 0.533. The van der Waals surface area contributed by atoms with E-state index in [9.17, 15) is 0 Å². The molecule has 0 spiro atoms. The van der Waals surface area contributed by atoms with Gasteiger partial charge in [-0.3, -0.25) is 4.99 Å². The lowest BCUT2D eigenvalue weighted by Crippen LogP contribution is -2.20. The minimum absolute atomic E-state index is 0.477. The maximum absolute atomic E-state index is 4.22. The molecule has 4 unspecified atom stereocenters. The van der Waals surface area contributed by atoms with Crippen molar-refractivity contribution >= 4 is 6.21 Å². The average Bonchev–Trinajstić information content (AvgIpc) is 2.52. The fourth-order valence-electron chi connectivity index (χ4n) is 2.94. The first kappa shape index (κ1) is 11.4. The molecule has 0 amide bonds. The summed E-state index contributed by atoms with van der Waals surface area (Å²) in [7, 11) is 1.86. The molecule has 0 aliphatic heterocycles. The predicted molar refractivity (Wildman–Crippen MR) is 70.7 cm³/mol. The molecule has 16 heavy (non-hydrogen) atoms. The third-order valence-corrected chi connectivity index (χ3v) is 4.06. The summed E-state index contributed by atoms with van der Waals surface area (Å²) in [6.07, 6.45) is 11.5. The van der Waals surface area contributed by atoms with Crippen molar-refractivity contribution in [3.05, 3.63) is 35.5 Å². The molecule has 1 nitrogen and oxygen atoms in total. The van der Waals surface area contributed by atoms with E-state index in [1.54, 1.807) is 0 Å². The molecule has 2 rings (SSSR count). The van der Waals surface area contributed by atoms with Gasteiger partial charge in [0.05, 0.1) is 0 Å². The van der Waals surface area contributed by atoms with Crippen molar-refractivity contribution in [3.63, 3.8) is 0 Å². The maximum Gasteiger partial charge on any atom is 0.0277 e. The van der Waals surface area contributed by atoms with Gasteiger partial charge in [0, 0.05) is 19.2 Å². The van der Waals surface area contributed by atoms with Gasteiger partial charge in [0.25, 0.3) is 0 Å². The minimum Gasteiger partial charge on any atom is -0.296 e. The quantitative estimate of drug-likeness (QED) is 0.467. The summed E-state index contributed by atoms with van der Waals surface area (Å²) in [6.45, 7) is 6.88. The Bertz CT molecular complexity index is 384. The highest BCUT2D eigenvalue weighted by Gasteiger charge is 2.29. The molecule has 1 heteroatoms. The molecule has 86 valence electrons. The third-order valence-electron chi connectivity index (χ3n) is 4.06. The van der Waals surface area contributed by atoms with E-state index in [0.29, 0.717) is 23.7 Å². The lowest BCUT2D eigenvalue weighted by Gasteiger charge is -2.27. The highest BCUT2D eigenvalue weighted by atomic mass is 14.6. The van der Waals surface area contributed by atoms with E-state index in [1.807, 2.05) is 7.05 Å². The van der Waals surface area contributed by atoms with Crippen LogP contribution in [0.3, 0.4) is 0 Å². The first-order chi connectivity index (χ1) is 7.65. The van der Waals surface area contributed by atoms with E-state index < -0.39 is 0 Å². The van der Waals surface area contributed by atoms with Crippen LogP contribution in [0, 0.1) is 23.7 Å². The predicted octanol–water partition coefficient (Wildman–Crippen LogP) is 3.65. The monoisotopic (exact) mass is 215 g/mol. The number of hydrogen-bond acceptors (Lipinski definition) is 1. The molecule has 0 radical (unpaired) electrons. The van der Waals surface area contributed by atoms with Crippen LogP contribution in [0.4, 0.5) is 0 Å². The normalized spacial score (nSPS) is 38.2. The molecule has 0 aromatic rings. The molecule has 0 aromatic carbocycles. The second-order valence-corrected chi connectivity index (χ2v) is 5.05. The lowest BCUT2D eigenvalue weighted by atomic mass is 9.77. The van der Waals surface area contributed by atoms with Crippen molar-refractivity contribution < 1.29 is 0 Å². The van der Waals surface area contributed by atoms with Crippen LogP contribution in [0.5, 0.6) is 0 Å². The van der Waals surface area contributed by atoms with Crippen molar-refractivity contribution in [1.82, 2.24) is 0 Å². The lowest BCUT2D eigenvalue weighted by molar-refractivity contribution is 0.409. The van der Waals surface area contributed by atoms with Crippen LogP contribution < -0.4 is 0 Å². The van der Waals surface area contributed by atoms with Crippen molar-refractivity contribution in [2.45, 2.75) is 20.8 Å². The van der Waals surface area contributed by atoms with Crippen LogP contribution in [0.15, 0.2) is 40.4 Å². The SMILES string of the molecule is C/N=C/C1=C(C)C2C=CC(C)C(C=C2)C1C. The number of allylic oxidation sites excluding steroid dienone is 6. The minimum atomic E-state index is 0.477. The van der Waals surface area contributed by atoms with Crippen molar-refractivity contribution in [2.24, 2.45) is 28.7 Å². The first-order valence-electron chi connectivity index (χ1n) is 6.14. The Morgan fingerprint density at radius 3 is 2.50 bits per heavy atom. The van der Waals surface area contributed by atoms with Gasteiger partial charge < -0.3 is 0 Å². The summed E-state index contributed by atoms with van der Waals surface area (Å²) in [5.74, 6) is 2.30. The second kappa shape index (κ2) is 4.40. The van der Waals surface area contributed by atoms with E-state index >= 15 is 0 Å². The Morgan fingerprint density at radius 2 is 1.81 bits per heavy atom. The molecule has 0 saturated heterocycles. The zero-order valence-electron chi connectivity index (χ0n) is 10.6. The van der Waals surface area contributed by atoms with Crippen LogP contribution in [0.1, 0.15) is 20.8 Å². The largest absolute Gasteiger partial charge is 0.296 e. The second-order valence-electron chi connectivity index (χ2n) is 5.05. The molecular formula is C15H21N. The Balaban J connectivity index is 2.51. The van der Waals surface area contributed by atoms with Crippen molar-refractivity contribution in [1.29, 1.82) is 0 Å². The molecule has 4 atom stereocenters. The zero-order valence-corrected chi connectivity index (χ0v) is 10.6. The van der Waals surface area contributed by atoms with Crippen LogP contribution >= 0.6 is 0 Å². The van der Waals surface area contributed by atoms with Gasteiger partial charge in [-0.15, -0.1) is 0 Å². The van der Waals surface area contributed by atoms with E-state index in [4.69, 9.17) is 0 Å².